The van der Waals surface area contributed by atoms with Gasteiger partial charge >= 0.3 is 0 Å². The minimum atomic E-state index is 0.550. The first-order valence-corrected chi connectivity index (χ1v) is 11.1. The van der Waals surface area contributed by atoms with Gasteiger partial charge < -0.3 is 19.5 Å². The summed E-state index contributed by atoms with van der Waals surface area (Å²) in [5, 5.41) is 12.1. The van der Waals surface area contributed by atoms with Crippen molar-refractivity contribution in [2.75, 3.05) is 26.7 Å². The Hall–Kier alpha value is -2.57. The third-order valence-electron chi connectivity index (χ3n) is 6.68. The second kappa shape index (κ2) is 9.49. The normalized spacial score (nSPS) is 21.6. The number of rotatable bonds is 6. The Morgan fingerprint density at radius 3 is 2.43 bits per heavy atom. The zero-order chi connectivity index (χ0) is 20.9. The van der Waals surface area contributed by atoms with Crippen LogP contribution in [-0.2, 0) is 20.0 Å². The van der Waals surface area contributed by atoms with Crippen LogP contribution in [0.2, 0.25) is 0 Å². The summed E-state index contributed by atoms with van der Waals surface area (Å²) in [6, 6.07) is 8.30. The highest BCUT2D eigenvalue weighted by Crippen LogP contribution is 2.36. The Morgan fingerprint density at radius 1 is 1.13 bits per heavy atom. The highest BCUT2D eigenvalue weighted by molar-refractivity contribution is 5.80. The van der Waals surface area contributed by atoms with E-state index in [2.05, 4.69) is 32.5 Å². The van der Waals surface area contributed by atoms with Crippen molar-refractivity contribution < 1.29 is 4.74 Å². The lowest BCUT2D eigenvalue weighted by Gasteiger charge is -2.22. The molecule has 30 heavy (non-hydrogen) atoms. The molecule has 2 atom stereocenters. The number of aliphatic imine (C=N–C) groups is 1. The van der Waals surface area contributed by atoms with E-state index in [-0.39, 0.29) is 0 Å². The van der Waals surface area contributed by atoms with Crippen molar-refractivity contribution in [2.45, 2.75) is 45.6 Å². The zero-order valence-corrected chi connectivity index (χ0v) is 18.5. The van der Waals surface area contributed by atoms with E-state index in [1.54, 1.807) is 7.11 Å². The van der Waals surface area contributed by atoms with Crippen LogP contribution in [0, 0.1) is 18.8 Å². The number of hydrogen-bond acceptors (Lipinski definition) is 4. The molecule has 1 aromatic carbocycles. The lowest BCUT2D eigenvalue weighted by Crippen LogP contribution is -2.41. The van der Waals surface area contributed by atoms with E-state index < -0.39 is 0 Å². The van der Waals surface area contributed by atoms with E-state index in [1.807, 2.05) is 30.7 Å². The van der Waals surface area contributed by atoms with Gasteiger partial charge in [-0.3, -0.25) is 0 Å². The van der Waals surface area contributed by atoms with E-state index >= 15 is 0 Å². The molecule has 7 nitrogen and oxygen atoms in total. The molecule has 1 saturated heterocycles. The van der Waals surface area contributed by atoms with Crippen molar-refractivity contribution >= 4 is 5.96 Å². The summed E-state index contributed by atoms with van der Waals surface area (Å²) < 4.78 is 7.27. The van der Waals surface area contributed by atoms with Crippen molar-refractivity contribution in [3.63, 3.8) is 0 Å². The fourth-order valence-electron chi connectivity index (χ4n) is 4.69. The molecule has 1 aliphatic heterocycles. The average Bonchev–Trinajstić information content (AvgIpc) is 3.34. The summed E-state index contributed by atoms with van der Waals surface area (Å²) in [7, 11) is 3.70. The molecule has 2 aromatic rings. The first kappa shape index (κ1) is 20.7. The van der Waals surface area contributed by atoms with Crippen LogP contribution in [0.4, 0.5) is 0 Å². The van der Waals surface area contributed by atoms with Crippen molar-refractivity contribution in [1.82, 2.24) is 25.0 Å². The highest BCUT2D eigenvalue weighted by Gasteiger charge is 2.35. The molecular weight excluding hydrogens is 376 g/mol. The number of guanidine groups is 1. The molecule has 2 unspecified atom stereocenters. The Morgan fingerprint density at radius 2 is 1.83 bits per heavy atom. The minimum Gasteiger partial charge on any atom is -0.497 e. The SMILES string of the molecule is COc1ccc(CCNC(=NCc2nnc(C)n2C)N2CC3CCCCC3C2)cc1. The van der Waals surface area contributed by atoms with Crippen LogP contribution in [0.25, 0.3) is 0 Å². The number of nitrogens with zero attached hydrogens (tertiary/aromatic N) is 5. The van der Waals surface area contributed by atoms with Gasteiger partial charge in [0.15, 0.2) is 11.8 Å². The van der Waals surface area contributed by atoms with Gasteiger partial charge in [-0.25, -0.2) is 4.99 Å². The van der Waals surface area contributed by atoms with Gasteiger partial charge in [-0.15, -0.1) is 10.2 Å². The average molecular weight is 411 g/mol. The molecular formula is C23H34N6O. The van der Waals surface area contributed by atoms with Crippen LogP contribution in [0.5, 0.6) is 5.75 Å². The number of likely N-dealkylation sites (tertiary alicyclic amines) is 1. The minimum absolute atomic E-state index is 0.550. The molecule has 2 aliphatic rings. The summed E-state index contributed by atoms with van der Waals surface area (Å²) in [5.41, 5.74) is 1.29. The second-order valence-electron chi connectivity index (χ2n) is 8.60. The summed E-state index contributed by atoms with van der Waals surface area (Å²) in [5.74, 6) is 5.37. The maximum absolute atomic E-state index is 5.26. The largest absolute Gasteiger partial charge is 0.497 e. The second-order valence-corrected chi connectivity index (χ2v) is 8.60. The number of nitrogens with one attached hydrogen (secondary N) is 1. The fourth-order valence-corrected chi connectivity index (χ4v) is 4.69. The number of hydrogen-bond donors (Lipinski definition) is 1. The maximum atomic E-state index is 5.26. The molecule has 2 fully saturated rings. The summed E-state index contributed by atoms with van der Waals surface area (Å²) in [4.78, 5) is 7.42. The third-order valence-corrected chi connectivity index (χ3v) is 6.68. The van der Waals surface area contributed by atoms with Gasteiger partial charge in [0.25, 0.3) is 0 Å². The van der Waals surface area contributed by atoms with Crippen LogP contribution in [-0.4, -0.2) is 52.4 Å². The van der Waals surface area contributed by atoms with E-state index in [0.717, 1.165) is 61.2 Å². The van der Waals surface area contributed by atoms with Crippen molar-refractivity contribution in [1.29, 1.82) is 0 Å². The monoisotopic (exact) mass is 410 g/mol. The molecule has 1 aromatic heterocycles. The summed E-state index contributed by atoms with van der Waals surface area (Å²) in [6.07, 6.45) is 6.44. The Bertz CT molecular complexity index is 845. The standard InChI is InChI=1S/C23H34N6O/c1-17-26-27-22(28(17)2)14-25-23(29-15-19-6-4-5-7-20(19)16-29)24-13-12-18-8-10-21(30-3)11-9-18/h8-11,19-20H,4-7,12-16H2,1-3H3,(H,24,25). The zero-order valence-electron chi connectivity index (χ0n) is 18.5. The van der Waals surface area contributed by atoms with Gasteiger partial charge in [0.2, 0.25) is 0 Å². The van der Waals surface area contributed by atoms with Gasteiger partial charge in [0, 0.05) is 26.7 Å². The van der Waals surface area contributed by atoms with E-state index in [1.165, 1.54) is 31.2 Å². The highest BCUT2D eigenvalue weighted by atomic mass is 16.5. The van der Waals surface area contributed by atoms with Gasteiger partial charge in [-0.2, -0.15) is 0 Å². The third kappa shape index (κ3) is 4.77. The molecule has 1 aliphatic carbocycles. The van der Waals surface area contributed by atoms with Crippen LogP contribution in [0.1, 0.15) is 42.9 Å². The predicted molar refractivity (Wildman–Crippen MR) is 119 cm³/mol. The van der Waals surface area contributed by atoms with Crippen LogP contribution in [0.3, 0.4) is 0 Å². The number of aryl methyl sites for hydroxylation is 1. The molecule has 2 heterocycles. The Kier molecular flexibility index (Phi) is 6.55. The van der Waals surface area contributed by atoms with Crippen LogP contribution in [0.15, 0.2) is 29.3 Å². The first-order valence-electron chi connectivity index (χ1n) is 11.1. The van der Waals surface area contributed by atoms with Crippen LogP contribution < -0.4 is 10.1 Å². The van der Waals surface area contributed by atoms with Gasteiger partial charge in [-0.05, 0) is 55.7 Å². The molecule has 1 N–H and O–H groups in total. The molecule has 4 rings (SSSR count). The Labute approximate surface area is 179 Å². The molecule has 162 valence electrons. The molecule has 7 heteroatoms. The molecule has 0 radical (unpaired) electrons. The van der Waals surface area contributed by atoms with Crippen molar-refractivity contribution in [3.8, 4) is 5.75 Å². The molecule has 0 amide bonds. The number of benzene rings is 1. The van der Waals surface area contributed by atoms with E-state index in [9.17, 15) is 0 Å². The topological polar surface area (TPSA) is 67.6 Å². The quantitative estimate of drug-likeness (QED) is 0.586. The molecule has 0 spiro atoms. The Balaban J connectivity index is 1.42. The van der Waals surface area contributed by atoms with Gasteiger partial charge in [-0.1, -0.05) is 25.0 Å². The number of aromatic nitrogens is 3. The first-order chi connectivity index (χ1) is 14.6. The lowest BCUT2D eigenvalue weighted by molar-refractivity contribution is 0.299. The number of methoxy groups -OCH3 is 1. The van der Waals surface area contributed by atoms with Crippen molar-refractivity contribution in [3.05, 3.63) is 41.5 Å². The molecule has 1 saturated carbocycles. The van der Waals surface area contributed by atoms with E-state index in [0.29, 0.717) is 6.54 Å². The summed E-state index contributed by atoms with van der Waals surface area (Å²) in [6.45, 7) is 5.62. The number of ether oxygens (including phenoxy) is 1. The summed E-state index contributed by atoms with van der Waals surface area (Å²) >= 11 is 0. The lowest BCUT2D eigenvalue weighted by atomic mass is 9.82. The maximum Gasteiger partial charge on any atom is 0.194 e. The fraction of sp³-hybridized carbons (Fsp3) is 0.609. The van der Waals surface area contributed by atoms with Gasteiger partial charge in [0.1, 0.15) is 18.1 Å². The predicted octanol–water partition coefficient (Wildman–Crippen LogP) is 2.94. The van der Waals surface area contributed by atoms with E-state index in [4.69, 9.17) is 9.73 Å². The smallest absolute Gasteiger partial charge is 0.194 e. The van der Waals surface area contributed by atoms with Gasteiger partial charge in [0.05, 0.1) is 7.11 Å². The molecule has 0 bridgehead atoms. The van der Waals surface area contributed by atoms with Crippen LogP contribution >= 0.6 is 0 Å². The van der Waals surface area contributed by atoms with Crippen molar-refractivity contribution in [2.24, 2.45) is 23.9 Å². The number of fused-ring (bicyclic) bond motifs is 1.